The first-order valence-corrected chi connectivity index (χ1v) is 9.96. The molecule has 5 rings (SSSR count). The van der Waals surface area contributed by atoms with Gasteiger partial charge in [0.25, 0.3) is 5.91 Å². The second kappa shape index (κ2) is 6.30. The van der Waals surface area contributed by atoms with Crippen LogP contribution in [0.15, 0.2) is 42.5 Å². The summed E-state index contributed by atoms with van der Waals surface area (Å²) in [6, 6.07) is 13.0. The molecule has 0 saturated carbocycles. The summed E-state index contributed by atoms with van der Waals surface area (Å²) in [5.41, 5.74) is 4.02. The summed E-state index contributed by atoms with van der Waals surface area (Å²) in [6.45, 7) is -0.215. The van der Waals surface area contributed by atoms with E-state index in [1.165, 1.54) is 11.1 Å². The molecule has 3 amide bonds. The highest BCUT2D eigenvalue weighted by atomic mass is 16.2. The minimum atomic E-state index is -1.02. The van der Waals surface area contributed by atoms with Crippen LogP contribution in [0.2, 0.25) is 0 Å². The topological polar surface area (TPSA) is 66.5 Å². The van der Waals surface area contributed by atoms with Crippen molar-refractivity contribution in [3.63, 3.8) is 0 Å². The van der Waals surface area contributed by atoms with Crippen molar-refractivity contribution in [1.29, 1.82) is 0 Å². The standard InChI is InChI=1S/C23H22N2O3/c26-20(18-11-10-15-6-3-7-17(15)13-18)14-25-21(27)23(24-22(25)28)12-4-8-16-5-1-2-9-19(16)23/h1-2,5,9-11,13H,3-4,6-8,12,14H2,(H,24,28). The van der Waals surface area contributed by atoms with Crippen LogP contribution in [0.3, 0.4) is 0 Å². The second-order valence-corrected chi connectivity index (χ2v) is 8.00. The van der Waals surface area contributed by atoms with Crippen LogP contribution in [0.5, 0.6) is 0 Å². The second-order valence-electron chi connectivity index (χ2n) is 8.00. The molecule has 5 heteroatoms. The summed E-state index contributed by atoms with van der Waals surface area (Å²) in [4.78, 5) is 39.9. The molecule has 1 unspecified atom stereocenters. The van der Waals surface area contributed by atoms with Crippen molar-refractivity contribution in [2.75, 3.05) is 6.54 Å². The minimum Gasteiger partial charge on any atom is -0.319 e. The number of imide groups is 1. The van der Waals surface area contributed by atoms with Gasteiger partial charge in [-0.1, -0.05) is 36.4 Å². The number of benzene rings is 2. The van der Waals surface area contributed by atoms with Gasteiger partial charge in [-0.05, 0) is 66.8 Å². The zero-order chi connectivity index (χ0) is 19.3. The fourth-order valence-electron chi connectivity index (χ4n) is 4.94. The first kappa shape index (κ1) is 17.2. The number of nitrogens with one attached hydrogen (secondary N) is 1. The predicted molar refractivity (Wildman–Crippen MR) is 104 cm³/mol. The Morgan fingerprint density at radius 2 is 1.75 bits per heavy atom. The van der Waals surface area contributed by atoms with Crippen LogP contribution in [0.1, 0.15) is 51.9 Å². The average Bonchev–Trinajstić information content (AvgIpc) is 3.27. The first-order chi connectivity index (χ1) is 13.6. The van der Waals surface area contributed by atoms with Crippen LogP contribution >= 0.6 is 0 Å². The molecule has 0 bridgehead atoms. The Hall–Kier alpha value is -2.95. The van der Waals surface area contributed by atoms with Crippen molar-refractivity contribution in [1.82, 2.24) is 10.2 Å². The van der Waals surface area contributed by atoms with Gasteiger partial charge in [0.2, 0.25) is 0 Å². The van der Waals surface area contributed by atoms with Crippen molar-refractivity contribution in [2.24, 2.45) is 0 Å². The Bertz CT molecular complexity index is 1010. The highest BCUT2D eigenvalue weighted by molar-refractivity contribution is 6.11. The highest BCUT2D eigenvalue weighted by Crippen LogP contribution is 2.39. The maximum Gasteiger partial charge on any atom is 0.325 e. The van der Waals surface area contributed by atoms with Gasteiger partial charge < -0.3 is 5.32 Å². The molecule has 1 saturated heterocycles. The molecule has 2 aliphatic carbocycles. The molecule has 1 N–H and O–H groups in total. The smallest absolute Gasteiger partial charge is 0.319 e. The van der Waals surface area contributed by atoms with Crippen LogP contribution in [-0.4, -0.2) is 29.2 Å². The van der Waals surface area contributed by atoms with E-state index in [2.05, 4.69) is 5.32 Å². The number of rotatable bonds is 3. The molecular weight excluding hydrogens is 352 g/mol. The van der Waals surface area contributed by atoms with E-state index < -0.39 is 11.6 Å². The third-order valence-electron chi connectivity index (χ3n) is 6.37. The Balaban J connectivity index is 1.42. The lowest BCUT2D eigenvalue weighted by Crippen LogP contribution is -2.46. The van der Waals surface area contributed by atoms with Gasteiger partial charge in [0.1, 0.15) is 5.54 Å². The van der Waals surface area contributed by atoms with E-state index >= 15 is 0 Å². The van der Waals surface area contributed by atoms with E-state index in [0.717, 1.165) is 48.1 Å². The summed E-state index contributed by atoms with van der Waals surface area (Å²) < 4.78 is 0. The molecule has 1 atom stereocenters. The third-order valence-corrected chi connectivity index (χ3v) is 6.37. The Kier molecular flexibility index (Phi) is 3.86. The molecule has 0 radical (unpaired) electrons. The van der Waals surface area contributed by atoms with Gasteiger partial charge in [0, 0.05) is 5.56 Å². The Labute approximate surface area is 163 Å². The fourth-order valence-corrected chi connectivity index (χ4v) is 4.94. The zero-order valence-electron chi connectivity index (χ0n) is 15.7. The van der Waals surface area contributed by atoms with Gasteiger partial charge in [-0.25, -0.2) is 4.79 Å². The summed E-state index contributed by atoms with van der Waals surface area (Å²) in [5, 5.41) is 2.91. The van der Waals surface area contributed by atoms with Crippen molar-refractivity contribution in [2.45, 2.75) is 44.1 Å². The molecule has 2 aromatic rings. The predicted octanol–water partition coefficient (Wildman–Crippen LogP) is 3.14. The number of carbonyl (C=O) groups excluding carboxylic acids is 3. The van der Waals surface area contributed by atoms with Crippen LogP contribution in [0.25, 0.3) is 0 Å². The van der Waals surface area contributed by atoms with Gasteiger partial charge >= 0.3 is 6.03 Å². The molecule has 5 nitrogen and oxygen atoms in total. The van der Waals surface area contributed by atoms with Gasteiger partial charge in [0.15, 0.2) is 5.78 Å². The summed E-state index contributed by atoms with van der Waals surface area (Å²) in [7, 11) is 0. The number of carbonyl (C=O) groups is 3. The number of urea groups is 1. The molecule has 142 valence electrons. The largest absolute Gasteiger partial charge is 0.325 e. The Morgan fingerprint density at radius 1 is 0.964 bits per heavy atom. The molecule has 28 heavy (non-hydrogen) atoms. The van der Waals surface area contributed by atoms with Gasteiger partial charge in [-0.15, -0.1) is 0 Å². The van der Waals surface area contributed by atoms with E-state index in [1.807, 2.05) is 42.5 Å². The molecule has 1 heterocycles. The maximum atomic E-state index is 13.3. The normalized spacial score (nSPS) is 22.9. The summed E-state index contributed by atoms with van der Waals surface area (Å²) in [6.07, 6.45) is 5.45. The van der Waals surface area contributed by atoms with E-state index in [4.69, 9.17) is 0 Å². The van der Waals surface area contributed by atoms with E-state index in [9.17, 15) is 14.4 Å². The molecule has 1 aliphatic heterocycles. The van der Waals surface area contributed by atoms with Gasteiger partial charge in [-0.3, -0.25) is 14.5 Å². The SMILES string of the molecule is O=C(CN1C(=O)NC2(CCCc3ccccc32)C1=O)c1ccc2c(c1)CCC2. The summed E-state index contributed by atoms with van der Waals surface area (Å²) in [5.74, 6) is -0.501. The van der Waals surface area contributed by atoms with Crippen molar-refractivity contribution < 1.29 is 14.4 Å². The zero-order valence-corrected chi connectivity index (χ0v) is 15.7. The van der Waals surface area contributed by atoms with Gasteiger partial charge in [0.05, 0.1) is 6.54 Å². The molecule has 0 aromatic heterocycles. The fraction of sp³-hybridized carbons (Fsp3) is 0.348. The quantitative estimate of drug-likeness (QED) is 0.663. The number of hydrogen-bond acceptors (Lipinski definition) is 3. The lowest BCUT2D eigenvalue weighted by atomic mass is 9.76. The summed E-state index contributed by atoms with van der Waals surface area (Å²) >= 11 is 0. The molecule has 3 aliphatic rings. The first-order valence-electron chi connectivity index (χ1n) is 9.96. The number of nitrogens with zero attached hydrogens (tertiary/aromatic N) is 1. The minimum absolute atomic E-state index is 0.195. The van der Waals surface area contributed by atoms with Crippen molar-refractivity contribution >= 4 is 17.7 Å². The van der Waals surface area contributed by atoms with E-state index in [-0.39, 0.29) is 18.2 Å². The lowest BCUT2D eigenvalue weighted by Gasteiger charge is -2.33. The van der Waals surface area contributed by atoms with Crippen LogP contribution in [0.4, 0.5) is 4.79 Å². The molecule has 2 aromatic carbocycles. The number of amides is 3. The highest BCUT2D eigenvalue weighted by Gasteiger charge is 2.54. The van der Waals surface area contributed by atoms with Crippen molar-refractivity contribution in [3.05, 3.63) is 70.3 Å². The van der Waals surface area contributed by atoms with Crippen LogP contribution in [0, 0.1) is 0 Å². The molecule has 1 fully saturated rings. The average molecular weight is 374 g/mol. The lowest BCUT2D eigenvalue weighted by molar-refractivity contribution is -0.131. The monoisotopic (exact) mass is 374 g/mol. The molecule has 1 spiro atoms. The number of fused-ring (bicyclic) bond motifs is 3. The van der Waals surface area contributed by atoms with Gasteiger partial charge in [-0.2, -0.15) is 0 Å². The number of aryl methyl sites for hydroxylation is 3. The maximum absolute atomic E-state index is 13.3. The number of Topliss-reactive ketones (excluding diaryl/α,β-unsaturated/α-hetero) is 1. The van der Waals surface area contributed by atoms with E-state index in [1.54, 1.807) is 0 Å². The van der Waals surface area contributed by atoms with Crippen LogP contribution < -0.4 is 5.32 Å². The number of hydrogen-bond donors (Lipinski definition) is 1. The Morgan fingerprint density at radius 3 is 2.64 bits per heavy atom. The number of ketones is 1. The van der Waals surface area contributed by atoms with E-state index in [0.29, 0.717) is 12.0 Å². The van der Waals surface area contributed by atoms with Crippen LogP contribution in [-0.2, 0) is 29.6 Å². The third kappa shape index (κ3) is 2.49. The molecular formula is C23H22N2O3. The van der Waals surface area contributed by atoms with Crippen molar-refractivity contribution in [3.8, 4) is 0 Å².